The van der Waals surface area contributed by atoms with Crippen molar-refractivity contribution < 1.29 is 14.3 Å². The van der Waals surface area contributed by atoms with Gasteiger partial charge in [0.25, 0.3) is 5.91 Å². The van der Waals surface area contributed by atoms with Crippen LogP contribution in [-0.2, 0) is 16.0 Å². The van der Waals surface area contributed by atoms with Gasteiger partial charge < -0.3 is 9.64 Å². The number of hydrogen-bond donors (Lipinski definition) is 0. The molecule has 0 bridgehead atoms. The zero-order valence-electron chi connectivity index (χ0n) is 17.4. The van der Waals surface area contributed by atoms with Crippen LogP contribution >= 0.6 is 0 Å². The van der Waals surface area contributed by atoms with Crippen molar-refractivity contribution in [1.82, 2.24) is 9.97 Å². The van der Waals surface area contributed by atoms with Crippen LogP contribution in [0.25, 0.3) is 22.2 Å². The Hall–Kier alpha value is -4.06. The molecule has 1 amide bonds. The van der Waals surface area contributed by atoms with Crippen molar-refractivity contribution in [2.75, 3.05) is 18.1 Å². The number of carbonyl (C=O) groups is 2. The Kier molecular flexibility index (Phi) is 5.34. The Morgan fingerprint density at radius 3 is 2.62 bits per heavy atom. The Labute approximate surface area is 185 Å². The van der Waals surface area contributed by atoms with E-state index < -0.39 is 5.97 Å². The van der Waals surface area contributed by atoms with Gasteiger partial charge in [-0.15, -0.1) is 0 Å². The number of para-hydroxylation sites is 2. The number of fused-ring (bicyclic) bond motifs is 2. The lowest BCUT2D eigenvalue weighted by atomic mass is 10.0. The summed E-state index contributed by atoms with van der Waals surface area (Å²) in [4.78, 5) is 36.3. The lowest BCUT2D eigenvalue weighted by Gasteiger charge is -2.29. The summed E-state index contributed by atoms with van der Waals surface area (Å²) in [6.07, 6.45) is 5.19. The molecule has 2 aromatic carbocycles. The molecule has 4 aromatic rings. The van der Waals surface area contributed by atoms with Crippen LogP contribution in [0.4, 0.5) is 5.69 Å². The monoisotopic (exact) mass is 423 g/mol. The summed E-state index contributed by atoms with van der Waals surface area (Å²) in [6, 6.07) is 20.7. The van der Waals surface area contributed by atoms with Crippen LogP contribution in [0.2, 0.25) is 0 Å². The fourth-order valence-corrected chi connectivity index (χ4v) is 4.09. The van der Waals surface area contributed by atoms with Gasteiger partial charge >= 0.3 is 5.97 Å². The van der Waals surface area contributed by atoms with Crippen molar-refractivity contribution in [1.29, 1.82) is 0 Å². The molecule has 6 nitrogen and oxygen atoms in total. The number of pyridine rings is 2. The largest absolute Gasteiger partial charge is 0.452 e. The first kappa shape index (κ1) is 19.9. The second-order valence-electron chi connectivity index (χ2n) is 7.66. The molecule has 0 atom stereocenters. The normalized spacial score (nSPS) is 12.9. The van der Waals surface area contributed by atoms with E-state index in [4.69, 9.17) is 4.74 Å². The first-order valence-corrected chi connectivity index (χ1v) is 10.6. The number of ether oxygens (including phenoxy) is 1. The van der Waals surface area contributed by atoms with Gasteiger partial charge in [-0.25, -0.2) is 9.78 Å². The zero-order chi connectivity index (χ0) is 21.9. The molecule has 32 heavy (non-hydrogen) atoms. The second-order valence-corrected chi connectivity index (χ2v) is 7.66. The quantitative estimate of drug-likeness (QED) is 0.454. The molecule has 0 spiro atoms. The first-order valence-electron chi connectivity index (χ1n) is 10.6. The number of esters is 1. The lowest BCUT2D eigenvalue weighted by Crippen LogP contribution is -2.38. The summed E-state index contributed by atoms with van der Waals surface area (Å²) in [5.74, 6) is -0.768. The van der Waals surface area contributed by atoms with Crippen LogP contribution in [0.5, 0.6) is 0 Å². The first-order chi connectivity index (χ1) is 15.7. The summed E-state index contributed by atoms with van der Waals surface area (Å²) in [5.41, 5.74) is 4.60. The van der Waals surface area contributed by atoms with E-state index in [1.807, 2.05) is 60.7 Å². The van der Waals surface area contributed by atoms with Gasteiger partial charge in [0.2, 0.25) is 0 Å². The molecular weight excluding hydrogens is 402 g/mol. The number of aromatic nitrogens is 2. The lowest BCUT2D eigenvalue weighted by molar-refractivity contribution is -0.121. The fraction of sp³-hybridized carbons (Fsp3) is 0.154. The molecule has 0 radical (unpaired) electrons. The molecule has 1 aliphatic heterocycles. The standard InChI is InChI=1S/C26H21N3O3/c30-25(29-15-5-7-19-6-1-4-10-24(19)29)17-32-26(31)21-16-23(18-11-13-27-14-12-18)28-22-9-3-2-8-20(21)22/h1-4,6,8-14,16H,5,7,15,17H2. The molecule has 6 heteroatoms. The molecule has 0 fully saturated rings. The van der Waals surface area contributed by atoms with Crippen LogP contribution in [0.15, 0.2) is 79.1 Å². The number of hydrogen-bond acceptors (Lipinski definition) is 5. The van der Waals surface area contributed by atoms with Gasteiger partial charge in [0, 0.05) is 35.6 Å². The molecule has 2 aromatic heterocycles. The van der Waals surface area contributed by atoms with Crippen LogP contribution in [0, 0.1) is 0 Å². The Bertz CT molecular complexity index is 1300. The molecule has 158 valence electrons. The average molecular weight is 423 g/mol. The van der Waals surface area contributed by atoms with Crippen LogP contribution in [-0.4, -0.2) is 35.0 Å². The number of anilines is 1. The van der Waals surface area contributed by atoms with Crippen molar-refractivity contribution in [2.24, 2.45) is 0 Å². The van der Waals surface area contributed by atoms with Crippen LogP contribution in [0.3, 0.4) is 0 Å². The highest BCUT2D eigenvalue weighted by molar-refractivity contribution is 6.05. The minimum Gasteiger partial charge on any atom is -0.452 e. The SMILES string of the molecule is O=C(OCC(=O)N1CCCc2ccccc21)c1cc(-c2ccncc2)nc2ccccc12. The highest BCUT2D eigenvalue weighted by Gasteiger charge is 2.24. The van der Waals surface area contributed by atoms with Crippen molar-refractivity contribution in [3.05, 3.63) is 90.3 Å². The topological polar surface area (TPSA) is 72.4 Å². The predicted molar refractivity (Wildman–Crippen MR) is 122 cm³/mol. The van der Waals surface area contributed by atoms with Gasteiger partial charge in [-0.1, -0.05) is 36.4 Å². The van der Waals surface area contributed by atoms with E-state index >= 15 is 0 Å². The number of rotatable bonds is 4. The summed E-state index contributed by atoms with van der Waals surface area (Å²) in [7, 11) is 0. The molecule has 0 saturated carbocycles. The van der Waals surface area contributed by atoms with Crippen LogP contribution < -0.4 is 4.90 Å². The van der Waals surface area contributed by atoms with Gasteiger partial charge in [0.1, 0.15) is 0 Å². The third-order valence-corrected chi connectivity index (χ3v) is 5.65. The summed E-state index contributed by atoms with van der Waals surface area (Å²) in [6.45, 7) is 0.312. The second kappa shape index (κ2) is 8.59. The number of aryl methyl sites for hydroxylation is 1. The van der Waals surface area contributed by atoms with Gasteiger partial charge in [-0.2, -0.15) is 0 Å². The van der Waals surface area contributed by atoms with Gasteiger partial charge in [-0.05, 0) is 48.7 Å². The van der Waals surface area contributed by atoms with Crippen LogP contribution in [0.1, 0.15) is 22.3 Å². The Morgan fingerprint density at radius 1 is 0.969 bits per heavy atom. The summed E-state index contributed by atoms with van der Waals surface area (Å²) < 4.78 is 5.49. The highest BCUT2D eigenvalue weighted by atomic mass is 16.5. The van der Waals surface area contributed by atoms with E-state index in [-0.39, 0.29) is 12.5 Å². The molecule has 1 aliphatic rings. The molecule has 5 rings (SSSR count). The van der Waals surface area contributed by atoms with Gasteiger partial charge in [0.05, 0.1) is 16.8 Å². The minimum atomic E-state index is -0.544. The summed E-state index contributed by atoms with van der Waals surface area (Å²) >= 11 is 0. The van der Waals surface area contributed by atoms with E-state index in [1.54, 1.807) is 23.4 Å². The van der Waals surface area contributed by atoms with E-state index in [0.717, 1.165) is 29.7 Å². The molecule has 0 saturated heterocycles. The van der Waals surface area contributed by atoms with Crippen molar-refractivity contribution in [3.63, 3.8) is 0 Å². The van der Waals surface area contributed by atoms with E-state index in [1.165, 1.54) is 0 Å². The average Bonchev–Trinajstić information content (AvgIpc) is 2.86. The number of benzene rings is 2. The minimum absolute atomic E-state index is 0.224. The van der Waals surface area contributed by atoms with Crippen molar-refractivity contribution >= 4 is 28.5 Å². The molecule has 0 aliphatic carbocycles. The molecule has 0 N–H and O–H groups in total. The van der Waals surface area contributed by atoms with E-state index in [9.17, 15) is 9.59 Å². The maximum atomic E-state index is 13.0. The Balaban J connectivity index is 1.40. The zero-order valence-corrected chi connectivity index (χ0v) is 17.4. The summed E-state index contributed by atoms with van der Waals surface area (Å²) in [5, 5.41) is 0.686. The predicted octanol–water partition coefficient (Wildman–Crippen LogP) is 4.43. The van der Waals surface area contributed by atoms with Gasteiger partial charge in [0.15, 0.2) is 6.61 Å². The third kappa shape index (κ3) is 3.83. The number of carbonyl (C=O) groups excluding carboxylic acids is 2. The van der Waals surface area contributed by atoms with Crippen molar-refractivity contribution in [2.45, 2.75) is 12.8 Å². The highest BCUT2D eigenvalue weighted by Crippen LogP contribution is 2.27. The van der Waals surface area contributed by atoms with E-state index in [0.29, 0.717) is 28.7 Å². The molecule has 3 heterocycles. The number of nitrogens with zero attached hydrogens (tertiary/aromatic N) is 3. The third-order valence-electron chi connectivity index (χ3n) is 5.65. The smallest absolute Gasteiger partial charge is 0.339 e. The van der Waals surface area contributed by atoms with Gasteiger partial charge in [-0.3, -0.25) is 9.78 Å². The van der Waals surface area contributed by atoms with Crippen molar-refractivity contribution in [3.8, 4) is 11.3 Å². The maximum Gasteiger partial charge on any atom is 0.339 e. The number of amides is 1. The maximum absolute atomic E-state index is 13.0. The Morgan fingerprint density at radius 2 is 1.75 bits per heavy atom. The molecule has 0 unspecified atom stereocenters. The fourth-order valence-electron chi connectivity index (χ4n) is 4.09. The molecular formula is C26H21N3O3. The van der Waals surface area contributed by atoms with E-state index in [2.05, 4.69) is 9.97 Å².